The molecule has 5 nitrogen and oxygen atoms in total. The molecule has 0 unspecified atom stereocenters. The summed E-state index contributed by atoms with van der Waals surface area (Å²) >= 11 is 6.01. The number of ether oxygens (including phenoxy) is 1. The van der Waals surface area contributed by atoms with Gasteiger partial charge in [-0.15, -0.1) is 0 Å². The minimum Gasteiger partial charge on any atom is -0.496 e. The molecule has 22 heavy (non-hydrogen) atoms. The van der Waals surface area contributed by atoms with Gasteiger partial charge < -0.3 is 14.2 Å². The van der Waals surface area contributed by atoms with E-state index in [0.29, 0.717) is 23.1 Å². The van der Waals surface area contributed by atoms with E-state index in [1.807, 2.05) is 13.8 Å². The molecular formula is C16H19ClN2O3. The molecule has 0 aliphatic carbocycles. The Hall–Kier alpha value is -2.01. The highest BCUT2D eigenvalue weighted by atomic mass is 35.5. The van der Waals surface area contributed by atoms with Gasteiger partial charge in [0.1, 0.15) is 11.5 Å². The number of hydrogen-bond acceptors (Lipinski definition) is 4. The molecule has 1 amide bonds. The summed E-state index contributed by atoms with van der Waals surface area (Å²) in [7, 11) is 3.35. The highest BCUT2D eigenvalue weighted by molar-refractivity contribution is 6.30. The first-order valence-corrected chi connectivity index (χ1v) is 7.28. The highest BCUT2D eigenvalue weighted by Gasteiger charge is 2.17. The van der Waals surface area contributed by atoms with Crippen LogP contribution in [0.5, 0.6) is 5.75 Å². The standard InChI is InChI=1S/C16H19ClN2O3/c1-10-14(11(2)22-18-10)8-16(20)19(3)9-12-7-13(17)5-6-15(12)21-4/h5-7H,8-9H2,1-4H3. The van der Waals surface area contributed by atoms with Crippen molar-refractivity contribution >= 4 is 17.5 Å². The summed E-state index contributed by atoms with van der Waals surface area (Å²) in [4.78, 5) is 14.0. The number of carbonyl (C=O) groups excluding carboxylic acids is 1. The van der Waals surface area contributed by atoms with E-state index in [4.69, 9.17) is 20.9 Å². The molecule has 0 fully saturated rings. The number of methoxy groups -OCH3 is 1. The third-order valence-corrected chi connectivity index (χ3v) is 3.82. The number of halogens is 1. The second-order valence-electron chi connectivity index (χ2n) is 5.19. The lowest BCUT2D eigenvalue weighted by Gasteiger charge is -2.19. The van der Waals surface area contributed by atoms with E-state index >= 15 is 0 Å². The van der Waals surface area contributed by atoms with Crippen LogP contribution in [0.3, 0.4) is 0 Å². The number of amides is 1. The van der Waals surface area contributed by atoms with Crippen molar-refractivity contribution in [2.24, 2.45) is 0 Å². The number of aromatic nitrogens is 1. The number of benzene rings is 1. The molecule has 0 aliphatic heterocycles. The Bertz CT molecular complexity index is 663. The maximum Gasteiger partial charge on any atom is 0.227 e. The molecule has 0 saturated carbocycles. The van der Waals surface area contributed by atoms with Gasteiger partial charge in [0.15, 0.2) is 0 Å². The Morgan fingerprint density at radius 3 is 2.73 bits per heavy atom. The summed E-state index contributed by atoms with van der Waals surface area (Å²) in [5.74, 6) is 1.37. The van der Waals surface area contributed by atoms with E-state index in [1.54, 1.807) is 37.3 Å². The Labute approximate surface area is 134 Å². The van der Waals surface area contributed by atoms with Gasteiger partial charge in [-0.2, -0.15) is 0 Å². The van der Waals surface area contributed by atoms with Crippen LogP contribution in [-0.4, -0.2) is 30.1 Å². The number of aryl methyl sites for hydroxylation is 2. The largest absolute Gasteiger partial charge is 0.496 e. The molecule has 1 aromatic carbocycles. The zero-order chi connectivity index (χ0) is 16.3. The monoisotopic (exact) mass is 322 g/mol. The van der Waals surface area contributed by atoms with Crippen molar-refractivity contribution in [3.63, 3.8) is 0 Å². The predicted molar refractivity (Wildman–Crippen MR) is 84.2 cm³/mol. The third-order valence-electron chi connectivity index (χ3n) is 3.58. The number of nitrogens with zero attached hydrogens (tertiary/aromatic N) is 2. The first-order chi connectivity index (χ1) is 10.4. The molecule has 6 heteroatoms. The predicted octanol–water partition coefficient (Wildman–Crippen LogP) is 3.15. The van der Waals surface area contributed by atoms with Crippen LogP contribution in [0.25, 0.3) is 0 Å². The molecule has 1 aromatic heterocycles. The fourth-order valence-electron chi connectivity index (χ4n) is 2.25. The van der Waals surface area contributed by atoms with E-state index < -0.39 is 0 Å². The van der Waals surface area contributed by atoms with Gasteiger partial charge in [-0.1, -0.05) is 16.8 Å². The summed E-state index contributed by atoms with van der Waals surface area (Å²) in [6.45, 7) is 4.06. The first-order valence-electron chi connectivity index (χ1n) is 6.90. The summed E-state index contributed by atoms with van der Waals surface area (Å²) < 4.78 is 10.4. The van der Waals surface area contributed by atoms with Crippen LogP contribution in [0, 0.1) is 13.8 Å². The van der Waals surface area contributed by atoms with Gasteiger partial charge in [0.25, 0.3) is 0 Å². The van der Waals surface area contributed by atoms with Crippen LogP contribution >= 0.6 is 11.6 Å². The molecule has 0 saturated heterocycles. The van der Waals surface area contributed by atoms with Crippen LogP contribution in [0.2, 0.25) is 5.02 Å². The zero-order valence-corrected chi connectivity index (χ0v) is 13.9. The molecule has 0 radical (unpaired) electrons. The van der Waals surface area contributed by atoms with Gasteiger partial charge in [-0.3, -0.25) is 4.79 Å². The SMILES string of the molecule is COc1ccc(Cl)cc1CN(C)C(=O)Cc1c(C)noc1C. The lowest BCUT2D eigenvalue weighted by atomic mass is 10.1. The molecule has 2 aromatic rings. The van der Waals surface area contributed by atoms with Crippen molar-refractivity contribution in [3.05, 3.63) is 45.8 Å². The average Bonchev–Trinajstić information content (AvgIpc) is 2.79. The lowest BCUT2D eigenvalue weighted by Crippen LogP contribution is -2.28. The van der Waals surface area contributed by atoms with Gasteiger partial charge in [0, 0.05) is 29.7 Å². The van der Waals surface area contributed by atoms with Crippen LogP contribution in [-0.2, 0) is 17.8 Å². The molecule has 0 aliphatic rings. The molecule has 118 valence electrons. The molecule has 0 atom stereocenters. The summed E-state index contributed by atoms with van der Waals surface area (Å²) in [5, 5.41) is 4.48. The van der Waals surface area contributed by atoms with E-state index in [2.05, 4.69) is 5.16 Å². The third kappa shape index (κ3) is 3.60. The van der Waals surface area contributed by atoms with Crippen molar-refractivity contribution in [2.45, 2.75) is 26.8 Å². The molecule has 1 heterocycles. The van der Waals surface area contributed by atoms with Gasteiger partial charge in [0.2, 0.25) is 5.91 Å². The number of carbonyl (C=O) groups is 1. The highest BCUT2D eigenvalue weighted by Crippen LogP contribution is 2.24. The topological polar surface area (TPSA) is 55.6 Å². The Morgan fingerprint density at radius 2 is 2.14 bits per heavy atom. The maximum atomic E-state index is 12.4. The van der Waals surface area contributed by atoms with Gasteiger partial charge in [0.05, 0.1) is 19.2 Å². The Kier molecular flexibility index (Phi) is 5.08. The molecule has 0 bridgehead atoms. The van der Waals surface area contributed by atoms with Crippen molar-refractivity contribution in [2.75, 3.05) is 14.2 Å². The van der Waals surface area contributed by atoms with Crippen molar-refractivity contribution in [1.29, 1.82) is 0 Å². The molecular weight excluding hydrogens is 304 g/mol. The minimum absolute atomic E-state index is 0.0172. The Morgan fingerprint density at radius 1 is 1.41 bits per heavy atom. The number of rotatable bonds is 5. The van der Waals surface area contributed by atoms with Crippen molar-refractivity contribution in [3.8, 4) is 5.75 Å². The maximum absolute atomic E-state index is 12.4. The van der Waals surface area contributed by atoms with Gasteiger partial charge in [-0.05, 0) is 32.0 Å². The second-order valence-corrected chi connectivity index (χ2v) is 5.62. The summed E-state index contributed by atoms with van der Waals surface area (Å²) in [6, 6.07) is 5.36. The van der Waals surface area contributed by atoms with Crippen molar-refractivity contribution < 1.29 is 14.1 Å². The zero-order valence-electron chi connectivity index (χ0n) is 13.1. The van der Waals surface area contributed by atoms with Gasteiger partial charge >= 0.3 is 0 Å². The van der Waals surface area contributed by atoms with Gasteiger partial charge in [-0.25, -0.2) is 0 Å². The van der Waals surface area contributed by atoms with Crippen LogP contribution < -0.4 is 4.74 Å². The molecule has 0 spiro atoms. The normalized spacial score (nSPS) is 10.6. The van der Waals surface area contributed by atoms with E-state index in [1.165, 1.54) is 0 Å². The Balaban J connectivity index is 2.10. The molecule has 0 N–H and O–H groups in total. The van der Waals surface area contributed by atoms with Crippen LogP contribution in [0.15, 0.2) is 22.7 Å². The van der Waals surface area contributed by atoms with E-state index in [0.717, 1.165) is 16.8 Å². The average molecular weight is 323 g/mol. The van der Waals surface area contributed by atoms with Crippen molar-refractivity contribution in [1.82, 2.24) is 10.1 Å². The number of hydrogen-bond donors (Lipinski definition) is 0. The van der Waals surface area contributed by atoms with E-state index in [-0.39, 0.29) is 12.3 Å². The number of likely N-dealkylation sites (N-methyl/N-ethyl adjacent to an activating group) is 1. The molecule has 2 rings (SSSR count). The summed E-state index contributed by atoms with van der Waals surface area (Å²) in [6.07, 6.45) is 0.264. The smallest absolute Gasteiger partial charge is 0.227 e. The second kappa shape index (κ2) is 6.83. The van der Waals surface area contributed by atoms with Crippen LogP contribution in [0.4, 0.5) is 0 Å². The fraction of sp³-hybridized carbons (Fsp3) is 0.375. The van der Waals surface area contributed by atoms with Crippen LogP contribution in [0.1, 0.15) is 22.6 Å². The fourth-order valence-corrected chi connectivity index (χ4v) is 2.45. The van der Waals surface area contributed by atoms with E-state index in [9.17, 15) is 4.79 Å². The summed E-state index contributed by atoms with van der Waals surface area (Å²) in [5.41, 5.74) is 2.46. The minimum atomic E-state index is -0.0172. The lowest BCUT2D eigenvalue weighted by molar-refractivity contribution is -0.129. The quantitative estimate of drug-likeness (QED) is 0.848. The first kappa shape index (κ1) is 16.4.